The third-order valence-corrected chi connectivity index (χ3v) is 4.59. The fourth-order valence-corrected chi connectivity index (χ4v) is 2.97. The van der Waals surface area contributed by atoms with Crippen LogP contribution in [0.15, 0.2) is 18.2 Å². The van der Waals surface area contributed by atoms with Gasteiger partial charge in [-0.1, -0.05) is 39.7 Å². The van der Waals surface area contributed by atoms with Gasteiger partial charge in [0.25, 0.3) is 0 Å². The highest BCUT2D eigenvalue weighted by atomic mass is 79.9. The molecule has 1 aliphatic carbocycles. The highest BCUT2D eigenvalue weighted by molar-refractivity contribution is 9.09. The monoisotopic (exact) mass is 304 g/mol. The van der Waals surface area contributed by atoms with Crippen molar-refractivity contribution in [2.75, 3.05) is 0 Å². The van der Waals surface area contributed by atoms with E-state index >= 15 is 0 Å². The average Bonchev–Trinajstić information content (AvgIpc) is 3.07. The summed E-state index contributed by atoms with van der Waals surface area (Å²) in [4.78, 5) is 0.620. The molecule has 0 spiro atoms. The van der Waals surface area contributed by atoms with Crippen LogP contribution < -0.4 is 0 Å². The Morgan fingerprint density at radius 2 is 2.19 bits per heavy atom. The smallest absolute Gasteiger partial charge is 0.144 e. The van der Waals surface area contributed by atoms with Gasteiger partial charge in [-0.3, -0.25) is 0 Å². The van der Waals surface area contributed by atoms with Gasteiger partial charge in [0, 0.05) is 4.83 Å². The van der Waals surface area contributed by atoms with Gasteiger partial charge in [-0.2, -0.15) is 0 Å². The zero-order chi connectivity index (χ0) is 11.5. The van der Waals surface area contributed by atoms with Gasteiger partial charge in [-0.15, -0.1) is 0 Å². The van der Waals surface area contributed by atoms with E-state index in [-0.39, 0.29) is 10.8 Å². The molecule has 1 atom stereocenters. The molecule has 1 aliphatic rings. The van der Waals surface area contributed by atoms with Crippen LogP contribution >= 0.6 is 27.5 Å². The zero-order valence-corrected chi connectivity index (χ0v) is 11.4. The van der Waals surface area contributed by atoms with E-state index in [2.05, 4.69) is 15.9 Å². The fraction of sp³-hybridized carbons (Fsp3) is 0.538. The molecule has 0 saturated heterocycles. The van der Waals surface area contributed by atoms with E-state index in [1.807, 2.05) is 12.1 Å². The molecule has 0 amide bonds. The van der Waals surface area contributed by atoms with Gasteiger partial charge in [0.2, 0.25) is 0 Å². The average molecular weight is 306 g/mol. The second-order valence-corrected chi connectivity index (χ2v) is 6.04. The van der Waals surface area contributed by atoms with Crippen LogP contribution in [0.2, 0.25) is 5.02 Å². The SMILES string of the molecule is Fc1c(Cl)cccc1CCCC(Br)C1CC1. The molecule has 1 aromatic rings. The van der Waals surface area contributed by atoms with E-state index in [1.165, 1.54) is 12.8 Å². The maximum atomic E-state index is 13.6. The Morgan fingerprint density at radius 1 is 1.44 bits per heavy atom. The van der Waals surface area contributed by atoms with Gasteiger partial charge in [0.15, 0.2) is 0 Å². The Morgan fingerprint density at radius 3 is 2.88 bits per heavy atom. The van der Waals surface area contributed by atoms with Crippen molar-refractivity contribution < 1.29 is 4.39 Å². The van der Waals surface area contributed by atoms with Crippen molar-refractivity contribution >= 4 is 27.5 Å². The molecule has 0 bridgehead atoms. The van der Waals surface area contributed by atoms with Crippen molar-refractivity contribution in [3.05, 3.63) is 34.6 Å². The lowest BCUT2D eigenvalue weighted by atomic mass is 10.1. The lowest BCUT2D eigenvalue weighted by molar-refractivity contribution is 0.592. The van der Waals surface area contributed by atoms with Gasteiger partial charge in [-0.25, -0.2) is 4.39 Å². The van der Waals surface area contributed by atoms with Crippen LogP contribution in [-0.2, 0) is 6.42 Å². The molecule has 0 N–H and O–H groups in total. The first-order chi connectivity index (χ1) is 7.68. The Labute approximate surface area is 109 Å². The fourth-order valence-electron chi connectivity index (χ4n) is 1.92. The van der Waals surface area contributed by atoms with Crippen molar-refractivity contribution in [1.82, 2.24) is 0 Å². The third kappa shape index (κ3) is 3.21. The quantitative estimate of drug-likeness (QED) is 0.673. The van der Waals surface area contributed by atoms with Crippen LogP contribution in [0.4, 0.5) is 4.39 Å². The molecule has 1 aromatic carbocycles. The number of hydrogen-bond donors (Lipinski definition) is 0. The van der Waals surface area contributed by atoms with Gasteiger partial charge in [0.05, 0.1) is 5.02 Å². The van der Waals surface area contributed by atoms with Gasteiger partial charge in [-0.05, 0) is 49.7 Å². The molecular weight excluding hydrogens is 290 g/mol. The van der Waals surface area contributed by atoms with Crippen LogP contribution in [0.25, 0.3) is 0 Å². The first kappa shape index (κ1) is 12.4. The number of rotatable bonds is 5. The highest BCUT2D eigenvalue weighted by Crippen LogP contribution is 2.38. The lowest BCUT2D eigenvalue weighted by Crippen LogP contribution is -2.01. The topological polar surface area (TPSA) is 0 Å². The van der Waals surface area contributed by atoms with Crippen molar-refractivity contribution in [3.63, 3.8) is 0 Å². The number of benzene rings is 1. The van der Waals surface area contributed by atoms with Crippen LogP contribution in [0.5, 0.6) is 0 Å². The van der Waals surface area contributed by atoms with Crippen molar-refractivity contribution in [2.24, 2.45) is 5.92 Å². The highest BCUT2D eigenvalue weighted by Gasteiger charge is 2.28. The largest absolute Gasteiger partial charge is 0.205 e. The summed E-state index contributed by atoms with van der Waals surface area (Å²) >= 11 is 9.42. The first-order valence-electron chi connectivity index (χ1n) is 5.75. The first-order valence-corrected chi connectivity index (χ1v) is 7.05. The Bertz CT molecular complexity index is 363. The number of halogens is 3. The summed E-state index contributed by atoms with van der Waals surface area (Å²) in [6.45, 7) is 0. The minimum absolute atomic E-state index is 0.232. The van der Waals surface area contributed by atoms with Gasteiger partial charge in [0.1, 0.15) is 5.82 Å². The Kier molecular flexibility index (Phi) is 4.26. The summed E-state index contributed by atoms with van der Waals surface area (Å²) in [6.07, 6.45) is 5.62. The minimum atomic E-state index is -0.248. The second-order valence-electron chi connectivity index (χ2n) is 4.46. The standard InChI is InChI=1S/C13H15BrClF/c14-11(9-7-8-9)5-1-3-10-4-2-6-12(15)13(10)16/h2,4,6,9,11H,1,3,5,7-8H2. The van der Waals surface area contributed by atoms with E-state index in [1.54, 1.807) is 6.07 Å². The summed E-state index contributed by atoms with van der Waals surface area (Å²) in [5.41, 5.74) is 0.739. The molecule has 1 unspecified atom stereocenters. The van der Waals surface area contributed by atoms with Crippen LogP contribution in [-0.4, -0.2) is 4.83 Å². The van der Waals surface area contributed by atoms with Crippen molar-refractivity contribution in [2.45, 2.75) is 36.9 Å². The van der Waals surface area contributed by atoms with Crippen LogP contribution in [0.1, 0.15) is 31.2 Å². The van der Waals surface area contributed by atoms with Gasteiger partial charge >= 0.3 is 0 Å². The summed E-state index contributed by atoms with van der Waals surface area (Å²) in [6, 6.07) is 5.23. The normalized spacial score (nSPS) is 17.4. The molecule has 0 radical (unpaired) electrons. The summed E-state index contributed by atoms with van der Waals surface area (Å²) in [5.74, 6) is 0.617. The lowest BCUT2D eigenvalue weighted by Gasteiger charge is -2.08. The molecule has 16 heavy (non-hydrogen) atoms. The second kappa shape index (κ2) is 5.50. The number of alkyl halides is 1. The van der Waals surface area contributed by atoms with Crippen LogP contribution in [0.3, 0.4) is 0 Å². The predicted octanol–water partition coefficient (Wildman–Crippen LogP) is 4.98. The maximum absolute atomic E-state index is 13.6. The zero-order valence-electron chi connectivity index (χ0n) is 9.06. The van der Waals surface area contributed by atoms with E-state index < -0.39 is 0 Å². The minimum Gasteiger partial charge on any atom is -0.205 e. The molecule has 0 heterocycles. The Hall–Kier alpha value is -0.0800. The van der Waals surface area contributed by atoms with E-state index in [0.29, 0.717) is 4.83 Å². The molecule has 0 nitrogen and oxygen atoms in total. The molecule has 0 aromatic heterocycles. The van der Waals surface area contributed by atoms with Crippen molar-refractivity contribution in [3.8, 4) is 0 Å². The molecule has 1 saturated carbocycles. The van der Waals surface area contributed by atoms with E-state index in [9.17, 15) is 4.39 Å². The predicted molar refractivity (Wildman–Crippen MR) is 69.8 cm³/mol. The van der Waals surface area contributed by atoms with E-state index in [4.69, 9.17) is 11.6 Å². The van der Waals surface area contributed by atoms with Crippen molar-refractivity contribution in [1.29, 1.82) is 0 Å². The summed E-state index contributed by atoms with van der Waals surface area (Å²) in [7, 11) is 0. The van der Waals surface area contributed by atoms with Crippen LogP contribution in [0, 0.1) is 11.7 Å². The van der Waals surface area contributed by atoms with Gasteiger partial charge < -0.3 is 0 Å². The summed E-state index contributed by atoms with van der Waals surface area (Å²) < 4.78 is 13.6. The number of aryl methyl sites for hydroxylation is 1. The Balaban J connectivity index is 1.82. The number of hydrogen-bond acceptors (Lipinski definition) is 0. The molecule has 3 heteroatoms. The van der Waals surface area contributed by atoms with E-state index in [0.717, 1.165) is 30.7 Å². The molecule has 1 fully saturated rings. The molecule has 2 rings (SSSR count). The molecule has 0 aliphatic heterocycles. The summed E-state index contributed by atoms with van der Waals surface area (Å²) in [5, 5.41) is 0.232. The molecule has 88 valence electrons. The maximum Gasteiger partial charge on any atom is 0.144 e. The third-order valence-electron chi connectivity index (χ3n) is 3.09. The molecular formula is C13H15BrClF.